The molecule has 2 heterocycles. The van der Waals surface area contributed by atoms with Gasteiger partial charge >= 0.3 is 0 Å². The average molecular weight is 494 g/mol. The second-order valence-electron chi connectivity index (χ2n) is 8.35. The van der Waals surface area contributed by atoms with Gasteiger partial charge in [0.1, 0.15) is 0 Å². The van der Waals surface area contributed by atoms with E-state index in [-0.39, 0.29) is 17.7 Å². The Balaban J connectivity index is 1.26. The first kappa shape index (κ1) is 22.6. The molecule has 0 bridgehead atoms. The molecular weight excluding hydrogens is 473 g/mol. The predicted octanol–water partition coefficient (Wildman–Crippen LogP) is 4.75. The van der Waals surface area contributed by atoms with Crippen molar-refractivity contribution >= 4 is 46.6 Å². The summed E-state index contributed by atoms with van der Waals surface area (Å²) in [6.07, 6.45) is 0. The second-order valence-corrected chi connectivity index (χ2v) is 9.19. The summed E-state index contributed by atoms with van der Waals surface area (Å²) in [5.41, 5.74) is 2.60. The molecule has 8 heteroatoms. The highest BCUT2D eigenvalue weighted by atomic mass is 35.5. The molecule has 0 radical (unpaired) electrons. The fraction of sp³-hybridized carbons (Fsp3) is 0.192. The Hall–Kier alpha value is -3.19. The number of hydrogen-bond donors (Lipinski definition) is 0. The summed E-state index contributed by atoms with van der Waals surface area (Å²) in [5.74, 6) is -0.873. The molecule has 0 saturated carbocycles. The van der Waals surface area contributed by atoms with Gasteiger partial charge in [-0.3, -0.25) is 19.3 Å². The molecule has 0 aliphatic carbocycles. The maximum Gasteiger partial charge on any atom is 0.266 e. The number of fused-ring (bicyclic) bond motifs is 1. The fourth-order valence-corrected chi connectivity index (χ4v) is 4.85. The SMILES string of the molecule is O=C(c1cccc(N2C(=O)c3ccccc3C2=O)c1)N1CCN(Cc2ccc(Cl)cc2Cl)CC1. The van der Waals surface area contributed by atoms with Gasteiger partial charge in [0.05, 0.1) is 16.8 Å². The minimum atomic E-state index is -0.375. The maximum absolute atomic E-state index is 13.2. The standard InChI is InChI=1S/C26H21Cl2N3O3/c27-19-9-8-18(23(28)15-19)16-29-10-12-30(13-11-29)24(32)17-4-3-5-20(14-17)31-25(33)21-6-1-2-7-22(21)26(31)34/h1-9,14-15H,10-13,16H2. The number of benzene rings is 3. The van der Waals surface area contributed by atoms with E-state index in [1.54, 1.807) is 59.5 Å². The van der Waals surface area contributed by atoms with Crippen LogP contribution in [0.25, 0.3) is 0 Å². The molecule has 5 rings (SSSR count). The summed E-state index contributed by atoms with van der Waals surface area (Å²) >= 11 is 12.3. The summed E-state index contributed by atoms with van der Waals surface area (Å²) in [6.45, 7) is 3.25. The van der Waals surface area contributed by atoms with Crippen molar-refractivity contribution in [1.29, 1.82) is 0 Å². The third kappa shape index (κ3) is 4.20. The van der Waals surface area contributed by atoms with Gasteiger partial charge < -0.3 is 4.90 Å². The number of anilines is 1. The minimum absolute atomic E-state index is 0.123. The summed E-state index contributed by atoms with van der Waals surface area (Å²) in [6, 6.07) is 18.9. The summed E-state index contributed by atoms with van der Waals surface area (Å²) in [5, 5.41) is 1.24. The molecule has 0 spiro atoms. The van der Waals surface area contributed by atoms with E-state index in [0.29, 0.717) is 65.1 Å². The van der Waals surface area contributed by atoms with E-state index >= 15 is 0 Å². The monoisotopic (exact) mass is 493 g/mol. The van der Waals surface area contributed by atoms with Crippen LogP contribution in [-0.2, 0) is 6.54 Å². The molecule has 0 unspecified atom stereocenters. The third-order valence-corrected chi connectivity index (χ3v) is 6.80. The first-order valence-corrected chi connectivity index (χ1v) is 11.7. The number of amides is 3. The van der Waals surface area contributed by atoms with Gasteiger partial charge in [-0.2, -0.15) is 0 Å². The van der Waals surface area contributed by atoms with Crippen LogP contribution in [0.2, 0.25) is 10.0 Å². The number of nitrogens with zero attached hydrogens (tertiary/aromatic N) is 3. The normalized spacial score (nSPS) is 16.2. The summed E-state index contributed by atoms with van der Waals surface area (Å²) in [7, 11) is 0. The largest absolute Gasteiger partial charge is 0.336 e. The van der Waals surface area contributed by atoms with Crippen LogP contribution in [0.15, 0.2) is 66.7 Å². The molecule has 3 aromatic rings. The first-order chi connectivity index (χ1) is 16.4. The van der Waals surface area contributed by atoms with Crippen LogP contribution in [0.1, 0.15) is 36.6 Å². The smallest absolute Gasteiger partial charge is 0.266 e. The van der Waals surface area contributed by atoms with E-state index in [1.165, 1.54) is 0 Å². The molecule has 0 atom stereocenters. The van der Waals surface area contributed by atoms with Crippen LogP contribution in [-0.4, -0.2) is 53.7 Å². The molecule has 0 aromatic heterocycles. The first-order valence-electron chi connectivity index (χ1n) is 11.0. The summed E-state index contributed by atoms with van der Waals surface area (Å²) < 4.78 is 0. The lowest BCUT2D eigenvalue weighted by Gasteiger charge is -2.35. The number of imide groups is 1. The molecule has 3 aromatic carbocycles. The van der Waals surface area contributed by atoms with Crippen LogP contribution in [0.3, 0.4) is 0 Å². The van der Waals surface area contributed by atoms with E-state index in [0.717, 1.165) is 10.5 Å². The summed E-state index contributed by atoms with van der Waals surface area (Å²) in [4.78, 5) is 44.0. The topological polar surface area (TPSA) is 60.9 Å². The van der Waals surface area contributed by atoms with Gasteiger partial charge in [-0.05, 0) is 48.0 Å². The quantitative estimate of drug-likeness (QED) is 0.492. The number of piperazine rings is 1. The molecule has 3 amide bonds. The van der Waals surface area contributed by atoms with Crippen LogP contribution in [0.5, 0.6) is 0 Å². The van der Waals surface area contributed by atoms with Gasteiger partial charge in [-0.1, -0.05) is 47.5 Å². The maximum atomic E-state index is 13.2. The highest BCUT2D eigenvalue weighted by Gasteiger charge is 2.36. The van der Waals surface area contributed by atoms with Crippen molar-refractivity contribution in [3.8, 4) is 0 Å². The molecule has 1 saturated heterocycles. The van der Waals surface area contributed by atoms with Crippen molar-refractivity contribution in [2.75, 3.05) is 31.1 Å². The van der Waals surface area contributed by atoms with Crippen molar-refractivity contribution in [1.82, 2.24) is 9.80 Å². The van der Waals surface area contributed by atoms with E-state index in [9.17, 15) is 14.4 Å². The van der Waals surface area contributed by atoms with Crippen LogP contribution < -0.4 is 4.90 Å². The lowest BCUT2D eigenvalue weighted by Crippen LogP contribution is -2.48. The Morgan fingerprint density at radius 2 is 1.47 bits per heavy atom. The average Bonchev–Trinajstić information content (AvgIpc) is 3.11. The van der Waals surface area contributed by atoms with Gasteiger partial charge in [-0.15, -0.1) is 0 Å². The number of halogens is 2. The number of rotatable bonds is 4. The molecule has 0 N–H and O–H groups in total. The lowest BCUT2D eigenvalue weighted by atomic mass is 10.1. The zero-order chi connectivity index (χ0) is 23.8. The lowest BCUT2D eigenvalue weighted by molar-refractivity contribution is 0.0628. The van der Waals surface area contributed by atoms with E-state index < -0.39 is 0 Å². The molecule has 2 aliphatic rings. The van der Waals surface area contributed by atoms with Crippen LogP contribution in [0.4, 0.5) is 5.69 Å². The Morgan fingerprint density at radius 1 is 0.794 bits per heavy atom. The molecule has 2 aliphatic heterocycles. The van der Waals surface area contributed by atoms with Gasteiger partial charge in [-0.25, -0.2) is 4.90 Å². The van der Waals surface area contributed by atoms with E-state index in [2.05, 4.69) is 4.90 Å². The van der Waals surface area contributed by atoms with Gasteiger partial charge in [0.2, 0.25) is 0 Å². The van der Waals surface area contributed by atoms with E-state index in [4.69, 9.17) is 23.2 Å². The van der Waals surface area contributed by atoms with Gasteiger partial charge in [0, 0.05) is 48.3 Å². The molecule has 1 fully saturated rings. The van der Waals surface area contributed by atoms with Crippen molar-refractivity contribution in [2.24, 2.45) is 0 Å². The number of carbonyl (C=O) groups is 3. The van der Waals surface area contributed by atoms with Crippen molar-refractivity contribution in [2.45, 2.75) is 6.54 Å². The molecule has 172 valence electrons. The number of hydrogen-bond acceptors (Lipinski definition) is 4. The Bertz CT molecular complexity index is 1270. The second kappa shape index (κ2) is 9.22. The molecular formula is C26H21Cl2N3O3. The molecule has 34 heavy (non-hydrogen) atoms. The van der Waals surface area contributed by atoms with Crippen molar-refractivity contribution in [3.05, 3.63) is 99.0 Å². The fourth-order valence-electron chi connectivity index (χ4n) is 4.38. The molecule has 6 nitrogen and oxygen atoms in total. The number of carbonyl (C=O) groups excluding carboxylic acids is 3. The highest BCUT2D eigenvalue weighted by Crippen LogP contribution is 2.29. The van der Waals surface area contributed by atoms with Crippen molar-refractivity contribution < 1.29 is 14.4 Å². The predicted molar refractivity (Wildman–Crippen MR) is 132 cm³/mol. The zero-order valence-electron chi connectivity index (χ0n) is 18.2. The highest BCUT2D eigenvalue weighted by molar-refractivity contribution is 6.35. The zero-order valence-corrected chi connectivity index (χ0v) is 19.7. The van der Waals surface area contributed by atoms with E-state index in [1.807, 2.05) is 12.1 Å². The van der Waals surface area contributed by atoms with Crippen LogP contribution in [0, 0.1) is 0 Å². The Morgan fingerprint density at radius 3 is 2.12 bits per heavy atom. The third-order valence-electron chi connectivity index (χ3n) is 6.21. The Kier molecular flexibility index (Phi) is 6.13. The Labute approximate surface area is 207 Å². The minimum Gasteiger partial charge on any atom is -0.336 e. The van der Waals surface area contributed by atoms with Crippen LogP contribution >= 0.6 is 23.2 Å². The van der Waals surface area contributed by atoms with Gasteiger partial charge in [0.25, 0.3) is 17.7 Å². The van der Waals surface area contributed by atoms with Gasteiger partial charge in [0.15, 0.2) is 0 Å². The van der Waals surface area contributed by atoms with Crippen molar-refractivity contribution in [3.63, 3.8) is 0 Å².